The number of carbonyl (C=O) groups excluding carboxylic acids is 1. The van der Waals surface area contributed by atoms with E-state index in [1.165, 1.54) is 0 Å². The van der Waals surface area contributed by atoms with E-state index in [-0.39, 0.29) is 0 Å². The second kappa shape index (κ2) is 4.15. The van der Waals surface area contributed by atoms with Gasteiger partial charge in [0.15, 0.2) is 16.3 Å². The highest BCUT2D eigenvalue weighted by atomic mass is 32.2. The van der Waals surface area contributed by atoms with Gasteiger partial charge in [-0.1, -0.05) is 30.3 Å². The zero-order valence-corrected chi connectivity index (χ0v) is 7.53. The summed E-state index contributed by atoms with van der Waals surface area (Å²) in [7, 11) is 0. The molecule has 1 aromatic rings. The van der Waals surface area contributed by atoms with Crippen molar-refractivity contribution in [2.24, 2.45) is 5.73 Å². The molecule has 0 aliphatic heterocycles. The van der Waals surface area contributed by atoms with Crippen LogP contribution >= 0.6 is 0 Å². The number of rotatable bonds is 3. The molecule has 5 heteroatoms. The van der Waals surface area contributed by atoms with E-state index in [9.17, 15) is 9.00 Å². The van der Waals surface area contributed by atoms with Crippen LogP contribution in [0.15, 0.2) is 30.3 Å². The van der Waals surface area contributed by atoms with Gasteiger partial charge in [0.05, 0.1) is 0 Å². The molecule has 1 amide bonds. The van der Waals surface area contributed by atoms with Gasteiger partial charge in [-0.05, 0) is 5.56 Å². The monoisotopic (exact) mass is 199 g/mol. The van der Waals surface area contributed by atoms with Crippen LogP contribution in [0.2, 0.25) is 0 Å². The molecular formula is C8H9NO3S. The lowest BCUT2D eigenvalue weighted by molar-refractivity contribution is -0.117. The van der Waals surface area contributed by atoms with Gasteiger partial charge in [0.2, 0.25) is 5.91 Å². The van der Waals surface area contributed by atoms with Crippen molar-refractivity contribution in [2.45, 2.75) is 5.25 Å². The standard InChI is InChI=1S/C8H9NO3S/c9-8(10)7(13(11)12)6-4-2-1-3-5-6/h1-5,7H,(H2,9,10)(H,11,12). The Balaban J connectivity index is 3.03. The Bertz CT molecular complexity index is 311. The minimum absolute atomic E-state index is 0.454. The average molecular weight is 199 g/mol. The number of hydrogen-bond acceptors (Lipinski definition) is 2. The van der Waals surface area contributed by atoms with Gasteiger partial charge in [-0.25, -0.2) is 4.21 Å². The third kappa shape index (κ3) is 2.37. The first-order valence-electron chi connectivity index (χ1n) is 3.57. The molecule has 4 nitrogen and oxygen atoms in total. The zero-order valence-electron chi connectivity index (χ0n) is 6.71. The highest BCUT2D eigenvalue weighted by Gasteiger charge is 2.23. The number of primary amides is 1. The van der Waals surface area contributed by atoms with Gasteiger partial charge in [0.1, 0.15) is 0 Å². The lowest BCUT2D eigenvalue weighted by Crippen LogP contribution is -2.24. The molecule has 2 atom stereocenters. The highest BCUT2D eigenvalue weighted by Crippen LogP contribution is 2.17. The summed E-state index contributed by atoms with van der Waals surface area (Å²) < 4.78 is 19.6. The number of hydrogen-bond donors (Lipinski definition) is 2. The summed E-state index contributed by atoms with van der Waals surface area (Å²) >= 11 is -2.26. The molecular weight excluding hydrogens is 190 g/mol. The van der Waals surface area contributed by atoms with E-state index >= 15 is 0 Å². The van der Waals surface area contributed by atoms with Crippen molar-refractivity contribution in [3.05, 3.63) is 35.9 Å². The largest absolute Gasteiger partial charge is 0.368 e. The summed E-state index contributed by atoms with van der Waals surface area (Å²) in [5, 5.41) is -1.14. The van der Waals surface area contributed by atoms with Crippen LogP contribution in [-0.4, -0.2) is 14.7 Å². The molecule has 0 heterocycles. The molecule has 1 rings (SSSR count). The van der Waals surface area contributed by atoms with Gasteiger partial charge >= 0.3 is 0 Å². The maximum absolute atomic E-state index is 10.8. The molecule has 0 radical (unpaired) electrons. The molecule has 1 aromatic carbocycles. The molecule has 13 heavy (non-hydrogen) atoms. The van der Waals surface area contributed by atoms with E-state index in [1.54, 1.807) is 30.3 Å². The van der Waals surface area contributed by atoms with Crippen molar-refractivity contribution in [2.75, 3.05) is 0 Å². The first-order chi connectivity index (χ1) is 6.13. The lowest BCUT2D eigenvalue weighted by atomic mass is 10.1. The molecule has 70 valence electrons. The highest BCUT2D eigenvalue weighted by molar-refractivity contribution is 7.80. The first kappa shape index (κ1) is 9.88. The Labute approximate surface area is 78.0 Å². The minimum atomic E-state index is -2.26. The van der Waals surface area contributed by atoms with Gasteiger partial charge in [-0.2, -0.15) is 0 Å². The minimum Gasteiger partial charge on any atom is -0.368 e. The van der Waals surface area contributed by atoms with Crippen LogP contribution in [0.4, 0.5) is 0 Å². The second-order valence-electron chi connectivity index (χ2n) is 2.47. The third-order valence-corrected chi connectivity index (χ3v) is 2.47. The van der Waals surface area contributed by atoms with Crippen molar-refractivity contribution >= 4 is 17.0 Å². The lowest BCUT2D eigenvalue weighted by Gasteiger charge is -2.08. The molecule has 0 saturated heterocycles. The number of benzene rings is 1. The van der Waals surface area contributed by atoms with E-state index in [1.807, 2.05) is 0 Å². The molecule has 0 aliphatic carbocycles. The van der Waals surface area contributed by atoms with Crippen LogP contribution in [0.1, 0.15) is 10.8 Å². The number of amides is 1. The van der Waals surface area contributed by atoms with Gasteiger partial charge in [-0.15, -0.1) is 0 Å². The molecule has 0 aromatic heterocycles. The van der Waals surface area contributed by atoms with E-state index in [4.69, 9.17) is 10.3 Å². The molecule has 0 saturated carbocycles. The maximum Gasteiger partial charge on any atom is 0.240 e. The van der Waals surface area contributed by atoms with Crippen molar-refractivity contribution in [1.82, 2.24) is 0 Å². The quantitative estimate of drug-likeness (QED) is 0.693. The SMILES string of the molecule is NC(=O)C(c1ccccc1)S(=O)O. The van der Waals surface area contributed by atoms with Crippen molar-refractivity contribution in [3.63, 3.8) is 0 Å². The van der Waals surface area contributed by atoms with Crippen molar-refractivity contribution < 1.29 is 13.6 Å². The zero-order chi connectivity index (χ0) is 9.84. The van der Waals surface area contributed by atoms with Gasteiger partial charge in [0.25, 0.3) is 0 Å². The Hall–Kier alpha value is -1.20. The predicted molar refractivity (Wildman–Crippen MR) is 49.1 cm³/mol. The van der Waals surface area contributed by atoms with Gasteiger partial charge in [-0.3, -0.25) is 4.79 Å². The fourth-order valence-corrected chi connectivity index (χ4v) is 1.60. The summed E-state index contributed by atoms with van der Waals surface area (Å²) in [5.74, 6) is -0.799. The fraction of sp³-hybridized carbons (Fsp3) is 0.125. The summed E-state index contributed by atoms with van der Waals surface area (Å²) in [5.41, 5.74) is 5.43. The van der Waals surface area contributed by atoms with Crippen LogP contribution in [0.25, 0.3) is 0 Å². The Kier molecular flexibility index (Phi) is 3.16. The molecule has 0 spiro atoms. The van der Waals surface area contributed by atoms with Crippen molar-refractivity contribution in [3.8, 4) is 0 Å². The smallest absolute Gasteiger partial charge is 0.240 e. The third-order valence-electron chi connectivity index (χ3n) is 1.56. The molecule has 2 unspecified atom stereocenters. The van der Waals surface area contributed by atoms with Crippen LogP contribution in [-0.2, 0) is 15.9 Å². The topological polar surface area (TPSA) is 80.4 Å². The summed E-state index contributed by atoms with van der Waals surface area (Å²) in [4.78, 5) is 10.8. The first-order valence-corrected chi connectivity index (χ1v) is 4.74. The van der Waals surface area contributed by atoms with E-state index in [0.717, 1.165) is 0 Å². The van der Waals surface area contributed by atoms with Crippen LogP contribution < -0.4 is 5.73 Å². The van der Waals surface area contributed by atoms with E-state index in [0.29, 0.717) is 5.56 Å². The predicted octanol–water partition coefficient (Wildman–Crippen LogP) is 0.435. The molecule has 3 N–H and O–H groups in total. The molecule has 0 fully saturated rings. The number of carbonyl (C=O) groups is 1. The van der Waals surface area contributed by atoms with Crippen molar-refractivity contribution in [1.29, 1.82) is 0 Å². The molecule has 0 bridgehead atoms. The van der Waals surface area contributed by atoms with Gasteiger partial charge < -0.3 is 10.3 Å². The van der Waals surface area contributed by atoms with E-state index in [2.05, 4.69) is 0 Å². The Morgan fingerprint density at radius 1 is 1.38 bits per heavy atom. The maximum atomic E-state index is 10.8. The normalized spacial score (nSPS) is 14.8. The summed E-state index contributed by atoms with van der Waals surface area (Å²) in [6.07, 6.45) is 0. The van der Waals surface area contributed by atoms with Crippen LogP contribution in [0.5, 0.6) is 0 Å². The Morgan fingerprint density at radius 3 is 2.31 bits per heavy atom. The molecule has 0 aliphatic rings. The summed E-state index contributed by atoms with van der Waals surface area (Å²) in [6, 6.07) is 8.28. The number of nitrogens with two attached hydrogens (primary N) is 1. The van der Waals surface area contributed by atoms with Crippen LogP contribution in [0, 0.1) is 0 Å². The summed E-state index contributed by atoms with van der Waals surface area (Å²) in [6.45, 7) is 0. The second-order valence-corrected chi connectivity index (χ2v) is 3.49. The van der Waals surface area contributed by atoms with E-state index < -0.39 is 22.2 Å². The van der Waals surface area contributed by atoms with Crippen LogP contribution in [0.3, 0.4) is 0 Å². The Morgan fingerprint density at radius 2 is 1.92 bits per heavy atom. The fourth-order valence-electron chi connectivity index (χ4n) is 1.01. The van der Waals surface area contributed by atoms with Gasteiger partial charge in [0, 0.05) is 0 Å². The average Bonchev–Trinajstić information content (AvgIpc) is 2.04.